The van der Waals surface area contributed by atoms with E-state index in [4.69, 9.17) is 24.0 Å². The largest absolute Gasteiger partial charge is 0.526 e. The summed E-state index contributed by atoms with van der Waals surface area (Å²) >= 11 is 0. The highest BCUT2D eigenvalue weighted by Crippen LogP contribution is 1.83. The van der Waals surface area contributed by atoms with Crippen LogP contribution in [0.25, 0.3) is 0 Å². The van der Waals surface area contributed by atoms with Gasteiger partial charge in [0.05, 0.1) is 0 Å². The summed E-state index contributed by atoms with van der Waals surface area (Å²) in [7, 11) is -8.04. The highest BCUT2D eigenvalue weighted by atomic mass is 29.3. The van der Waals surface area contributed by atoms with Crippen molar-refractivity contribution in [1.29, 1.82) is 0 Å². The zero-order valence-corrected chi connectivity index (χ0v) is 5.47. The van der Waals surface area contributed by atoms with Gasteiger partial charge in [0, 0.05) is 0 Å². The molecule has 0 aromatic rings. The Hall–Kier alpha value is 0.234. The van der Waals surface area contributed by atoms with Crippen LogP contribution in [0.1, 0.15) is 0 Å². The third kappa shape index (κ3) is 2.88. The Balaban J connectivity index is 3.54. The summed E-state index contributed by atoms with van der Waals surface area (Å²) in [5, 5.41) is 0. The summed E-state index contributed by atoms with van der Waals surface area (Å²) in [5.41, 5.74) is 0. The second-order valence-corrected chi connectivity index (χ2v) is 7.06. The van der Waals surface area contributed by atoms with Gasteiger partial charge in [0.2, 0.25) is 0 Å². The Morgan fingerprint density at radius 3 is 1.14 bits per heavy atom. The highest BCUT2D eigenvalue weighted by molar-refractivity contribution is 7.15. The molecule has 0 amide bonds. The molecule has 0 heterocycles. The van der Waals surface area contributed by atoms with Crippen molar-refractivity contribution < 1.29 is 24.0 Å². The molecule has 0 fully saturated rings. The molecule has 0 aliphatic carbocycles. The molecule has 7 heavy (non-hydrogen) atoms. The highest BCUT2D eigenvalue weighted by Gasteiger charge is 2.39. The summed E-state index contributed by atoms with van der Waals surface area (Å²) in [6.07, 6.45) is 0. The van der Waals surface area contributed by atoms with Crippen LogP contribution in [-0.4, -0.2) is 41.1 Å². The molecule has 0 rings (SSSR count). The average molecular weight is 142 g/mol. The fourth-order valence-electron chi connectivity index (χ4n) is 0. The Labute approximate surface area is 42.1 Å². The van der Waals surface area contributed by atoms with Crippen molar-refractivity contribution in [2.75, 3.05) is 0 Å². The Kier molecular flexibility index (Phi) is 2.07. The fourth-order valence-corrected chi connectivity index (χ4v) is 0. The van der Waals surface area contributed by atoms with Crippen molar-refractivity contribution in [2.45, 2.75) is 0 Å². The van der Waals surface area contributed by atoms with E-state index < -0.39 is 17.1 Å². The maximum absolute atomic E-state index is 7.91. The molecule has 7 heteroatoms. The molecule has 0 spiro atoms. The summed E-state index contributed by atoms with van der Waals surface area (Å²) in [4.78, 5) is 39.5. The molecular formula is H6O5Si2. The van der Waals surface area contributed by atoms with Crippen LogP contribution in [0, 0.1) is 0 Å². The van der Waals surface area contributed by atoms with E-state index in [0.717, 1.165) is 0 Å². The molecule has 5 nitrogen and oxygen atoms in total. The van der Waals surface area contributed by atoms with E-state index in [-0.39, 0.29) is 0 Å². The molecule has 0 unspecified atom stereocenters. The van der Waals surface area contributed by atoms with E-state index >= 15 is 0 Å². The summed E-state index contributed by atoms with van der Waals surface area (Å²) in [5.74, 6) is 0. The van der Waals surface area contributed by atoms with Crippen molar-refractivity contribution in [1.82, 2.24) is 0 Å². The van der Waals surface area contributed by atoms with Gasteiger partial charge in [-0.15, -0.1) is 0 Å². The van der Waals surface area contributed by atoms with Crippen LogP contribution in [0.15, 0.2) is 0 Å². The third-order valence-corrected chi connectivity index (χ3v) is 3.12. The van der Waals surface area contributed by atoms with Crippen LogP contribution in [0.2, 0.25) is 0 Å². The van der Waals surface area contributed by atoms with E-state index in [1.165, 1.54) is 0 Å². The number of hydrogen-bond acceptors (Lipinski definition) is 5. The van der Waals surface area contributed by atoms with Gasteiger partial charge in [-0.25, -0.2) is 0 Å². The molecule has 0 saturated carbocycles. The van der Waals surface area contributed by atoms with Crippen LogP contribution in [0.4, 0.5) is 0 Å². The van der Waals surface area contributed by atoms with Crippen molar-refractivity contribution in [3.8, 4) is 0 Å². The normalized spacial score (nSPS) is 12.9. The Morgan fingerprint density at radius 2 is 1.14 bits per heavy atom. The summed E-state index contributed by atoms with van der Waals surface area (Å²) < 4.78 is 0. The first-order chi connectivity index (χ1) is 2.94. The monoisotopic (exact) mass is 142 g/mol. The maximum atomic E-state index is 7.91. The molecule has 0 bridgehead atoms. The quantitative estimate of drug-likeness (QED) is 0.242. The van der Waals surface area contributed by atoms with Crippen LogP contribution in [0.5, 0.6) is 0 Å². The van der Waals surface area contributed by atoms with E-state index in [1.807, 2.05) is 0 Å². The first kappa shape index (κ1) is 7.23. The minimum Gasteiger partial charge on any atom is -0.410 e. The van der Waals surface area contributed by atoms with Gasteiger partial charge in [0.1, 0.15) is 0 Å². The van der Waals surface area contributed by atoms with Crippen molar-refractivity contribution in [2.24, 2.45) is 0 Å². The third-order valence-electron chi connectivity index (χ3n) is 0.346. The first-order valence-corrected chi connectivity index (χ1v) is 6.16. The molecule has 0 saturated heterocycles. The van der Waals surface area contributed by atoms with Gasteiger partial charge in [-0.1, -0.05) is 0 Å². The van der Waals surface area contributed by atoms with Crippen LogP contribution >= 0.6 is 0 Å². The first-order valence-electron chi connectivity index (χ1n) is 1.48. The summed E-state index contributed by atoms with van der Waals surface area (Å²) in [6.45, 7) is 0. The SMILES string of the molecule is O[SiH](O)[Si](O)(O)O. The Bertz CT molecular complexity index is 51.6. The van der Waals surface area contributed by atoms with Gasteiger partial charge in [0.15, 0.2) is 0 Å². The fraction of sp³-hybridized carbons (Fsp3) is 0. The standard InChI is InChI=1S/H6O5Si2/c1-6(2)7(3,4)5/h1-6H. The van der Waals surface area contributed by atoms with Gasteiger partial charge < -0.3 is 24.0 Å². The smallest absolute Gasteiger partial charge is 0.410 e. The average Bonchev–Trinajstić information content (AvgIpc) is 1.31. The number of hydrogen-bond donors (Lipinski definition) is 5. The second-order valence-electron chi connectivity index (χ2n) is 1.06. The van der Waals surface area contributed by atoms with Gasteiger partial charge in [0.25, 0.3) is 0 Å². The Morgan fingerprint density at radius 1 is 1.00 bits per heavy atom. The van der Waals surface area contributed by atoms with Gasteiger partial charge >= 0.3 is 17.1 Å². The summed E-state index contributed by atoms with van der Waals surface area (Å²) in [6, 6.07) is 0. The lowest BCUT2D eigenvalue weighted by atomic mass is 15.8. The van der Waals surface area contributed by atoms with E-state index in [0.29, 0.717) is 0 Å². The molecule has 0 radical (unpaired) electrons. The van der Waals surface area contributed by atoms with Crippen LogP contribution < -0.4 is 0 Å². The molecule has 44 valence electrons. The van der Waals surface area contributed by atoms with E-state index in [1.54, 1.807) is 0 Å². The minimum absolute atomic E-state index is 3.55. The topological polar surface area (TPSA) is 101 Å². The van der Waals surface area contributed by atoms with Crippen LogP contribution in [-0.2, 0) is 0 Å². The number of rotatable bonds is 1. The van der Waals surface area contributed by atoms with Crippen molar-refractivity contribution >= 4 is 17.1 Å². The second kappa shape index (κ2) is 2.00. The maximum Gasteiger partial charge on any atom is 0.526 e. The van der Waals surface area contributed by atoms with E-state index in [9.17, 15) is 0 Å². The predicted molar refractivity (Wildman–Crippen MR) is 24.0 cm³/mol. The molecule has 0 aliphatic rings. The minimum atomic E-state index is -4.48. The lowest BCUT2D eigenvalue weighted by Gasteiger charge is -2.06. The van der Waals surface area contributed by atoms with Gasteiger partial charge in [-0.05, 0) is 0 Å². The lowest BCUT2D eigenvalue weighted by Crippen LogP contribution is -2.52. The van der Waals surface area contributed by atoms with Crippen molar-refractivity contribution in [3.05, 3.63) is 0 Å². The van der Waals surface area contributed by atoms with Gasteiger partial charge in [-0.3, -0.25) is 0 Å². The predicted octanol–water partition coefficient (Wildman–Crippen LogP) is -3.81. The molecule has 0 aromatic carbocycles. The van der Waals surface area contributed by atoms with Gasteiger partial charge in [-0.2, -0.15) is 0 Å². The van der Waals surface area contributed by atoms with Crippen LogP contribution in [0.3, 0.4) is 0 Å². The van der Waals surface area contributed by atoms with E-state index in [2.05, 4.69) is 0 Å². The van der Waals surface area contributed by atoms with Crippen molar-refractivity contribution in [3.63, 3.8) is 0 Å². The zero-order chi connectivity index (χ0) is 6.08. The molecule has 0 atom stereocenters. The molecule has 5 N–H and O–H groups in total. The molecule has 0 aromatic heterocycles. The molecule has 0 aliphatic heterocycles. The zero-order valence-electron chi connectivity index (χ0n) is 3.31. The molecular weight excluding hydrogens is 136 g/mol. The lowest BCUT2D eigenvalue weighted by molar-refractivity contribution is 0.232.